The highest BCUT2D eigenvalue weighted by Gasteiger charge is 2.52. The number of nitrogens with one attached hydrogen (secondary N) is 1. The van der Waals surface area contributed by atoms with Gasteiger partial charge >= 0.3 is 13.7 Å². The van der Waals surface area contributed by atoms with Gasteiger partial charge in [0.25, 0.3) is 0 Å². The number of carbonyl (C=O) groups is 1. The van der Waals surface area contributed by atoms with Crippen LogP contribution in [0.3, 0.4) is 0 Å². The Kier molecular flexibility index (Phi) is 8.23. The molecule has 1 aliphatic carbocycles. The largest absolute Gasteiger partial charge is 0.446 e. The van der Waals surface area contributed by atoms with Gasteiger partial charge in [-0.2, -0.15) is 15.1 Å². The van der Waals surface area contributed by atoms with E-state index >= 15 is 0 Å². The zero-order valence-corrected chi connectivity index (χ0v) is 21.0. The van der Waals surface area contributed by atoms with E-state index in [2.05, 4.69) is 25.1 Å². The zero-order valence-electron chi connectivity index (χ0n) is 19.4. The van der Waals surface area contributed by atoms with Gasteiger partial charge in [0.15, 0.2) is 11.9 Å². The maximum Gasteiger partial charge on any atom is 0.404 e. The summed E-state index contributed by atoms with van der Waals surface area (Å²) in [4.78, 5) is 38.8. The summed E-state index contributed by atoms with van der Waals surface area (Å²) < 4.78 is 28.6. The van der Waals surface area contributed by atoms with Crippen LogP contribution in [0, 0.1) is 0 Å². The molecule has 1 amide bonds. The summed E-state index contributed by atoms with van der Waals surface area (Å²) in [6.07, 6.45) is -1.52. The van der Waals surface area contributed by atoms with Gasteiger partial charge in [-0.25, -0.2) is 9.48 Å². The third kappa shape index (κ3) is 5.67. The third-order valence-corrected chi connectivity index (χ3v) is 8.07. The SMILES string of the molecule is NC(=O)OC[C@@](CO)(OC[C@H]1O[C@@H](n2ncc3c(NC4CCCC4)nc(Cl)nc32)[C@H](O)[C@@H]1O)P(=O)(O)O. The maximum atomic E-state index is 12.0. The molecule has 3 heterocycles. The predicted molar refractivity (Wildman–Crippen MR) is 125 cm³/mol. The molecular weight excluding hydrogens is 539 g/mol. The van der Waals surface area contributed by atoms with Gasteiger partial charge in [0.1, 0.15) is 30.7 Å². The topological polar surface area (TPSA) is 245 Å². The van der Waals surface area contributed by atoms with Crippen LogP contribution in [-0.2, 0) is 18.8 Å². The van der Waals surface area contributed by atoms with E-state index in [0.29, 0.717) is 11.2 Å². The van der Waals surface area contributed by atoms with Crippen molar-refractivity contribution < 1.29 is 48.7 Å². The first-order valence-corrected chi connectivity index (χ1v) is 13.4. The van der Waals surface area contributed by atoms with Crippen molar-refractivity contribution in [1.29, 1.82) is 0 Å². The fourth-order valence-electron chi connectivity index (χ4n) is 4.34. The first-order valence-electron chi connectivity index (χ1n) is 11.4. The normalized spacial score (nSPS) is 26.4. The van der Waals surface area contributed by atoms with E-state index < -0.39 is 63.4 Å². The van der Waals surface area contributed by atoms with E-state index in [9.17, 15) is 34.5 Å². The van der Waals surface area contributed by atoms with Crippen LogP contribution >= 0.6 is 19.2 Å². The molecule has 1 saturated carbocycles. The minimum atomic E-state index is -5.24. The number of aliphatic hydroxyl groups excluding tert-OH is 3. The minimum absolute atomic E-state index is 0.0773. The summed E-state index contributed by atoms with van der Waals surface area (Å²) in [6, 6.07) is 0.216. The molecule has 1 aliphatic heterocycles. The molecule has 37 heavy (non-hydrogen) atoms. The average molecular weight is 567 g/mol. The first kappa shape index (κ1) is 27.9. The standard InChI is InChI=1S/C19H28ClN6O10P/c20-17-24-14(23-9-3-1-2-4-9)10-5-22-26(15(10)25-17)16-13(29)12(28)11(36-16)6-35-19(7-27,37(31,32)33)8-34-18(21)30/h5,9,11-13,16,27-29H,1-4,6-8H2,(H2,21,30)(H,23,24,25)(H2,31,32,33)/t11-,12-,13-,16-,19+/m1/s1. The van der Waals surface area contributed by atoms with E-state index in [1.165, 1.54) is 10.9 Å². The number of hydrogen-bond acceptors (Lipinski definition) is 12. The van der Waals surface area contributed by atoms with E-state index in [0.717, 1.165) is 25.7 Å². The van der Waals surface area contributed by atoms with Crippen molar-refractivity contribution in [2.45, 2.75) is 61.6 Å². The molecule has 1 saturated heterocycles. The number of amides is 1. The van der Waals surface area contributed by atoms with Gasteiger partial charge in [-0.3, -0.25) is 4.57 Å². The molecule has 2 fully saturated rings. The van der Waals surface area contributed by atoms with Crippen LogP contribution in [0.15, 0.2) is 6.20 Å². The van der Waals surface area contributed by atoms with Crippen LogP contribution in [0.2, 0.25) is 5.28 Å². The Morgan fingerprint density at radius 3 is 2.62 bits per heavy atom. The van der Waals surface area contributed by atoms with Crippen molar-refractivity contribution >= 4 is 42.1 Å². The maximum absolute atomic E-state index is 12.0. The summed E-state index contributed by atoms with van der Waals surface area (Å²) in [5.74, 6) is 0.463. The van der Waals surface area contributed by atoms with Crippen LogP contribution in [0.25, 0.3) is 11.0 Å². The lowest BCUT2D eigenvalue weighted by Crippen LogP contribution is -2.46. The molecule has 0 unspecified atom stereocenters. The Morgan fingerprint density at radius 2 is 2.00 bits per heavy atom. The number of carbonyl (C=O) groups excluding carboxylic acids is 1. The quantitative estimate of drug-likeness (QED) is 0.141. The highest BCUT2D eigenvalue weighted by molar-refractivity contribution is 7.53. The highest BCUT2D eigenvalue weighted by atomic mass is 35.5. The van der Waals surface area contributed by atoms with Gasteiger partial charge in [-0.1, -0.05) is 12.8 Å². The number of anilines is 1. The number of halogens is 1. The van der Waals surface area contributed by atoms with Crippen LogP contribution in [0.4, 0.5) is 10.6 Å². The lowest BCUT2D eigenvalue weighted by Gasteiger charge is -2.32. The molecule has 18 heteroatoms. The van der Waals surface area contributed by atoms with Gasteiger partial charge in [-0.15, -0.1) is 0 Å². The molecule has 0 aromatic carbocycles. The third-order valence-electron chi connectivity index (χ3n) is 6.43. The molecule has 4 rings (SSSR count). The zero-order chi connectivity index (χ0) is 27.0. The van der Waals surface area contributed by atoms with Crippen molar-refractivity contribution in [3.8, 4) is 0 Å². The molecule has 8 N–H and O–H groups in total. The first-order chi connectivity index (χ1) is 17.5. The van der Waals surface area contributed by atoms with Crippen molar-refractivity contribution in [3.05, 3.63) is 11.5 Å². The second-order valence-corrected chi connectivity index (χ2v) is 11.1. The van der Waals surface area contributed by atoms with Gasteiger partial charge < -0.3 is 50.4 Å². The van der Waals surface area contributed by atoms with Crippen LogP contribution < -0.4 is 11.1 Å². The minimum Gasteiger partial charge on any atom is -0.446 e. The van der Waals surface area contributed by atoms with Crippen molar-refractivity contribution in [1.82, 2.24) is 19.7 Å². The molecule has 0 bridgehead atoms. The van der Waals surface area contributed by atoms with Gasteiger partial charge in [0, 0.05) is 6.04 Å². The summed E-state index contributed by atoms with van der Waals surface area (Å²) in [5.41, 5.74) is 5.07. The monoisotopic (exact) mass is 566 g/mol. The second-order valence-electron chi connectivity index (χ2n) is 8.91. The number of nitrogens with zero attached hydrogens (tertiary/aromatic N) is 4. The highest BCUT2D eigenvalue weighted by Crippen LogP contribution is 2.51. The lowest BCUT2D eigenvalue weighted by atomic mass is 10.1. The van der Waals surface area contributed by atoms with Crippen molar-refractivity contribution in [2.24, 2.45) is 5.73 Å². The Balaban J connectivity index is 1.54. The number of primary amides is 1. The Morgan fingerprint density at radius 1 is 1.30 bits per heavy atom. The number of hydrogen-bond donors (Lipinski definition) is 7. The van der Waals surface area contributed by atoms with E-state index in [1.54, 1.807) is 0 Å². The van der Waals surface area contributed by atoms with E-state index in [4.69, 9.17) is 26.8 Å². The van der Waals surface area contributed by atoms with E-state index in [-0.39, 0.29) is 17.0 Å². The van der Waals surface area contributed by atoms with Crippen LogP contribution in [-0.4, -0.2) is 100 Å². The van der Waals surface area contributed by atoms with Gasteiger partial charge in [0.05, 0.1) is 24.8 Å². The molecule has 2 aromatic heterocycles. The van der Waals surface area contributed by atoms with Crippen molar-refractivity contribution in [3.63, 3.8) is 0 Å². The van der Waals surface area contributed by atoms with Gasteiger partial charge in [-0.05, 0) is 24.4 Å². The molecule has 0 radical (unpaired) electrons. The summed E-state index contributed by atoms with van der Waals surface area (Å²) in [5, 5.41) is 36.2. The van der Waals surface area contributed by atoms with Crippen molar-refractivity contribution in [2.75, 3.05) is 25.1 Å². The van der Waals surface area contributed by atoms with Crippen LogP contribution in [0.1, 0.15) is 31.9 Å². The molecule has 206 valence electrons. The van der Waals surface area contributed by atoms with E-state index in [1.807, 2.05) is 0 Å². The van der Waals surface area contributed by atoms with Crippen LogP contribution in [0.5, 0.6) is 0 Å². The Bertz CT molecular complexity index is 1180. The summed E-state index contributed by atoms with van der Waals surface area (Å²) in [7, 11) is -5.24. The second kappa shape index (κ2) is 10.9. The molecule has 0 spiro atoms. The lowest BCUT2D eigenvalue weighted by molar-refractivity contribution is -0.122. The molecule has 5 atom stereocenters. The summed E-state index contributed by atoms with van der Waals surface area (Å²) >= 11 is 6.13. The Hall–Kier alpha value is -2.14. The molecular formula is C19H28ClN6O10P. The molecule has 16 nitrogen and oxygen atoms in total. The summed E-state index contributed by atoms with van der Waals surface area (Å²) in [6.45, 7) is -3.05. The Labute approximate surface area is 214 Å². The van der Waals surface area contributed by atoms with Gasteiger partial charge in [0.2, 0.25) is 10.6 Å². The predicted octanol–water partition coefficient (Wildman–Crippen LogP) is -0.568. The number of fused-ring (bicyclic) bond motifs is 1. The number of nitrogens with two attached hydrogens (primary N) is 1. The number of ether oxygens (including phenoxy) is 3. The fraction of sp³-hybridized carbons (Fsp3) is 0.684. The molecule has 2 aromatic rings. The number of aliphatic hydroxyl groups is 3. The molecule has 2 aliphatic rings. The number of aromatic nitrogens is 4. The fourth-order valence-corrected chi connectivity index (χ4v) is 5.17. The smallest absolute Gasteiger partial charge is 0.404 e. The average Bonchev–Trinajstić information content (AvgIpc) is 3.55. The number of rotatable bonds is 10.